The fourth-order valence-electron chi connectivity index (χ4n) is 2.79. The second-order valence-electron chi connectivity index (χ2n) is 5.30. The number of rotatable bonds is 3. The van der Waals surface area contributed by atoms with Gasteiger partial charge in [0, 0.05) is 12.5 Å². The zero-order valence-corrected chi connectivity index (χ0v) is 10.8. The van der Waals surface area contributed by atoms with Gasteiger partial charge in [-0.25, -0.2) is 4.79 Å². The van der Waals surface area contributed by atoms with Gasteiger partial charge in [0.1, 0.15) is 11.5 Å². The predicted molar refractivity (Wildman–Crippen MR) is 69.7 cm³/mol. The first kappa shape index (κ1) is 12.3. The van der Waals surface area contributed by atoms with Crippen LogP contribution < -0.4 is 9.47 Å². The molecule has 1 unspecified atom stereocenters. The normalized spacial score (nSPS) is 22.6. The number of benzene rings is 1. The fraction of sp³-hybridized carbons (Fsp3) is 0.533. The van der Waals surface area contributed by atoms with E-state index in [2.05, 4.69) is 0 Å². The highest BCUT2D eigenvalue weighted by atomic mass is 16.5. The van der Waals surface area contributed by atoms with Gasteiger partial charge in [-0.1, -0.05) is 12.5 Å². The van der Waals surface area contributed by atoms with Crippen molar-refractivity contribution < 1.29 is 19.4 Å². The Morgan fingerprint density at radius 3 is 2.79 bits per heavy atom. The molecule has 1 aliphatic heterocycles. The predicted octanol–water partition coefficient (Wildman–Crippen LogP) is 2.79. The second-order valence-corrected chi connectivity index (χ2v) is 5.30. The number of aliphatic carboxylic acids is 1. The maximum Gasteiger partial charge on any atom is 0.345 e. The zero-order chi connectivity index (χ0) is 13.2. The van der Waals surface area contributed by atoms with Gasteiger partial charge < -0.3 is 14.6 Å². The largest absolute Gasteiger partial charge is 0.490 e. The van der Waals surface area contributed by atoms with Crippen LogP contribution in [-0.2, 0) is 11.2 Å². The van der Waals surface area contributed by atoms with Crippen LogP contribution >= 0.6 is 0 Å². The SMILES string of the molecule is O=C(O)C1Cc2ccc(OC3CCCCC3)cc2O1. The Labute approximate surface area is 112 Å². The summed E-state index contributed by atoms with van der Waals surface area (Å²) < 4.78 is 11.4. The van der Waals surface area contributed by atoms with Crippen molar-refractivity contribution in [2.45, 2.75) is 50.7 Å². The zero-order valence-electron chi connectivity index (χ0n) is 10.8. The van der Waals surface area contributed by atoms with Crippen molar-refractivity contribution in [3.63, 3.8) is 0 Å². The number of ether oxygens (including phenoxy) is 2. The maximum absolute atomic E-state index is 10.9. The van der Waals surface area contributed by atoms with E-state index in [0.29, 0.717) is 18.3 Å². The number of hydrogen-bond donors (Lipinski definition) is 1. The smallest absolute Gasteiger partial charge is 0.345 e. The second kappa shape index (κ2) is 5.11. The summed E-state index contributed by atoms with van der Waals surface area (Å²) >= 11 is 0. The Kier molecular flexibility index (Phi) is 3.32. The first-order chi connectivity index (χ1) is 9.22. The summed E-state index contributed by atoms with van der Waals surface area (Å²) in [7, 11) is 0. The van der Waals surface area contributed by atoms with Gasteiger partial charge in [0.05, 0.1) is 6.10 Å². The van der Waals surface area contributed by atoms with E-state index in [-0.39, 0.29) is 0 Å². The molecule has 0 spiro atoms. The van der Waals surface area contributed by atoms with Crippen molar-refractivity contribution in [3.05, 3.63) is 23.8 Å². The average Bonchev–Trinajstić information content (AvgIpc) is 2.83. The van der Waals surface area contributed by atoms with Gasteiger partial charge in [-0.05, 0) is 37.3 Å². The molecule has 1 saturated carbocycles. The Morgan fingerprint density at radius 1 is 1.26 bits per heavy atom. The topological polar surface area (TPSA) is 55.8 Å². The van der Waals surface area contributed by atoms with E-state index >= 15 is 0 Å². The fourth-order valence-corrected chi connectivity index (χ4v) is 2.79. The number of hydrogen-bond acceptors (Lipinski definition) is 3. The van der Waals surface area contributed by atoms with Crippen molar-refractivity contribution in [2.24, 2.45) is 0 Å². The van der Waals surface area contributed by atoms with Gasteiger partial charge in [-0.3, -0.25) is 0 Å². The summed E-state index contributed by atoms with van der Waals surface area (Å²) in [5.74, 6) is 0.531. The van der Waals surface area contributed by atoms with Crippen LogP contribution in [0.5, 0.6) is 11.5 Å². The van der Waals surface area contributed by atoms with Crippen molar-refractivity contribution in [3.8, 4) is 11.5 Å². The van der Waals surface area contributed by atoms with Gasteiger partial charge in [0.15, 0.2) is 6.10 Å². The number of carboxylic acids is 1. The summed E-state index contributed by atoms with van der Waals surface area (Å²) in [6.45, 7) is 0. The third-order valence-corrected chi connectivity index (χ3v) is 3.84. The molecule has 1 aromatic rings. The third kappa shape index (κ3) is 2.67. The molecule has 0 saturated heterocycles. The molecule has 1 heterocycles. The van der Waals surface area contributed by atoms with E-state index in [1.54, 1.807) is 0 Å². The van der Waals surface area contributed by atoms with Crippen LogP contribution in [0.3, 0.4) is 0 Å². The highest BCUT2D eigenvalue weighted by Gasteiger charge is 2.29. The summed E-state index contributed by atoms with van der Waals surface area (Å²) in [5.41, 5.74) is 0.948. The van der Waals surface area contributed by atoms with Gasteiger partial charge in [-0.15, -0.1) is 0 Å². The molecule has 4 heteroatoms. The molecular formula is C15H18O4. The van der Waals surface area contributed by atoms with Crippen molar-refractivity contribution in [1.29, 1.82) is 0 Å². The average molecular weight is 262 g/mol. The van der Waals surface area contributed by atoms with Crippen LogP contribution in [0.2, 0.25) is 0 Å². The molecule has 0 aromatic heterocycles. The van der Waals surface area contributed by atoms with Crippen LogP contribution in [-0.4, -0.2) is 23.3 Å². The Balaban J connectivity index is 1.69. The first-order valence-electron chi connectivity index (χ1n) is 6.91. The molecule has 2 aliphatic rings. The molecule has 1 N–H and O–H groups in total. The lowest BCUT2D eigenvalue weighted by molar-refractivity contribution is -0.144. The highest BCUT2D eigenvalue weighted by molar-refractivity contribution is 5.74. The van der Waals surface area contributed by atoms with Gasteiger partial charge in [-0.2, -0.15) is 0 Å². The van der Waals surface area contributed by atoms with Gasteiger partial charge in [0.2, 0.25) is 0 Å². The molecule has 19 heavy (non-hydrogen) atoms. The van der Waals surface area contributed by atoms with Crippen molar-refractivity contribution in [2.75, 3.05) is 0 Å². The molecule has 0 amide bonds. The molecule has 4 nitrogen and oxygen atoms in total. The Bertz CT molecular complexity index is 477. The molecule has 0 radical (unpaired) electrons. The monoisotopic (exact) mass is 262 g/mol. The lowest BCUT2D eigenvalue weighted by Gasteiger charge is -2.23. The standard InChI is InChI=1S/C15H18O4/c16-15(17)14-8-10-6-7-12(9-13(10)19-14)18-11-4-2-1-3-5-11/h6-7,9,11,14H,1-5,8H2,(H,16,17). The minimum Gasteiger partial charge on any atom is -0.490 e. The van der Waals surface area contributed by atoms with Gasteiger partial charge >= 0.3 is 5.97 Å². The minimum atomic E-state index is -0.911. The van der Waals surface area contributed by atoms with E-state index < -0.39 is 12.1 Å². The quantitative estimate of drug-likeness (QED) is 0.910. The lowest BCUT2D eigenvalue weighted by Crippen LogP contribution is -2.24. The Hall–Kier alpha value is -1.71. The highest BCUT2D eigenvalue weighted by Crippen LogP contribution is 2.33. The Morgan fingerprint density at radius 2 is 2.05 bits per heavy atom. The summed E-state index contributed by atoms with van der Waals surface area (Å²) in [6.07, 6.45) is 5.96. The maximum atomic E-state index is 10.9. The molecule has 1 aliphatic carbocycles. The number of carboxylic acid groups (broad SMARTS) is 1. The molecule has 0 bridgehead atoms. The van der Waals surface area contributed by atoms with Crippen LogP contribution in [0.1, 0.15) is 37.7 Å². The summed E-state index contributed by atoms with van der Waals surface area (Å²) in [4.78, 5) is 10.9. The van der Waals surface area contributed by atoms with E-state index in [0.717, 1.165) is 24.2 Å². The number of fused-ring (bicyclic) bond motifs is 1. The van der Waals surface area contributed by atoms with E-state index in [1.807, 2.05) is 18.2 Å². The molecule has 102 valence electrons. The van der Waals surface area contributed by atoms with Crippen LogP contribution in [0.15, 0.2) is 18.2 Å². The van der Waals surface area contributed by atoms with E-state index in [4.69, 9.17) is 14.6 Å². The first-order valence-corrected chi connectivity index (χ1v) is 6.91. The van der Waals surface area contributed by atoms with Crippen LogP contribution in [0.25, 0.3) is 0 Å². The van der Waals surface area contributed by atoms with Gasteiger partial charge in [0.25, 0.3) is 0 Å². The van der Waals surface area contributed by atoms with Crippen LogP contribution in [0.4, 0.5) is 0 Å². The molecule has 1 fully saturated rings. The summed E-state index contributed by atoms with van der Waals surface area (Å²) in [5, 5.41) is 8.96. The lowest BCUT2D eigenvalue weighted by atomic mass is 9.98. The van der Waals surface area contributed by atoms with Crippen LogP contribution in [0, 0.1) is 0 Å². The molecular weight excluding hydrogens is 244 g/mol. The summed E-state index contributed by atoms with van der Waals surface area (Å²) in [6, 6.07) is 5.66. The molecule has 3 rings (SSSR count). The van der Waals surface area contributed by atoms with Crippen molar-refractivity contribution >= 4 is 5.97 Å². The molecule has 1 atom stereocenters. The molecule has 1 aromatic carbocycles. The third-order valence-electron chi connectivity index (χ3n) is 3.84. The van der Waals surface area contributed by atoms with E-state index in [1.165, 1.54) is 19.3 Å². The minimum absolute atomic E-state index is 0.295. The van der Waals surface area contributed by atoms with Crippen molar-refractivity contribution in [1.82, 2.24) is 0 Å². The number of carbonyl (C=O) groups is 1. The van der Waals surface area contributed by atoms with E-state index in [9.17, 15) is 4.79 Å².